The second-order valence-electron chi connectivity index (χ2n) is 4.94. The first-order chi connectivity index (χ1) is 9.49. The van der Waals surface area contributed by atoms with Gasteiger partial charge in [0.05, 0.1) is 6.54 Å². The van der Waals surface area contributed by atoms with E-state index in [4.69, 9.17) is 4.74 Å². The molecule has 4 heteroatoms. The van der Waals surface area contributed by atoms with E-state index in [1.165, 1.54) is 5.56 Å². The molecule has 0 fully saturated rings. The molecule has 1 aromatic heterocycles. The molecule has 0 atom stereocenters. The minimum absolute atomic E-state index is 0.343. The van der Waals surface area contributed by atoms with Crippen molar-refractivity contribution in [3.05, 3.63) is 52.8 Å². The summed E-state index contributed by atoms with van der Waals surface area (Å²) in [6.45, 7) is 6.71. The lowest BCUT2D eigenvalue weighted by atomic mass is 10.2. The number of rotatable bonds is 5. The number of hydrogen-bond acceptors (Lipinski definition) is 2. The Balaban J connectivity index is 2.04. The van der Waals surface area contributed by atoms with E-state index in [1.807, 2.05) is 51.1 Å². The van der Waals surface area contributed by atoms with Crippen LogP contribution in [0.3, 0.4) is 0 Å². The minimum Gasteiger partial charge on any atom is -0.492 e. The number of hydrogen-bond donors (Lipinski definition) is 1. The highest BCUT2D eigenvalue weighted by Gasteiger charge is 2.15. The third-order valence-electron chi connectivity index (χ3n) is 3.30. The Hall–Kier alpha value is -2.23. The molecular formula is C16H19NO3. The second-order valence-corrected chi connectivity index (χ2v) is 4.94. The molecule has 0 aliphatic heterocycles. The standard InChI is InChI=1S/C16H19NO3/c1-11-4-6-14(7-5-11)20-9-8-17-13(3)10-12(2)15(17)16(18)19/h4-7,10H,8-9H2,1-3H3,(H,18,19). The van der Waals surface area contributed by atoms with Crippen LogP contribution in [0, 0.1) is 20.8 Å². The van der Waals surface area contributed by atoms with Gasteiger partial charge < -0.3 is 14.4 Å². The maximum atomic E-state index is 11.3. The largest absolute Gasteiger partial charge is 0.492 e. The minimum atomic E-state index is -0.897. The fourth-order valence-electron chi connectivity index (χ4n) is 2.31. The first-order valence-corrected chi connectivity index (χ1v) is 6.58. The van der Waals surface area contributed by atoms with E-state index < -0.39 is 5.97 Å². The summed E-state index contributed by atoms with van der Waals surface area (Å²) in [6.07, 6.45) is 0. The van der Waals surface area contributed by atoms with Crippen molar-refractivity contribution in [2.24, 2.45) is 0 Å². The van der Waals surface area contributed by atoms with Gasteiger partial charge in [0.2, 0.25) is 0 Å². The number of nitrogens with zero attached hydrogens (tertiary/aromatic N) is 1. The van der Waals surface area contributed by atoms with Gasteiger partial charge in [-0.25, -0.2) is 4.79 Å². The summed E-state index contributed by atoms with van der Waals surface area (Å²) < 4.78 is 7.43. The quantitative estimate of drug-likeness (QED) is 0.910. The van der Waals surface area contributed by atoms with Gasteiger partial charge in [0.25, 0.3) is 0 Å². The number of carboxylic acid groups (broad SMARTS) is 1. The van der Waals surface area contributed by atoms with Gasteiger partial charge in [-0.3, -0.25) is 0 Å². The van der Waals surface area contributed by atoms with Crippen LogP contribution in [0.2, 0.25) is 0 Å². The van der Waals surface area contributed by atoms with Crippen LogP contribution in [0.4, 0.5) is 0 Å². The number of benzene rings is 1. The maximum absolute atomic E-state index is 11.3. The molecule has 0 saturated carbocycles. The van der Waals surface area contributed by atoms with Crippen LogP contribution >= 0.6 is 0 Å². The zero-order chi connectivity index (χ0) is 14.7. The third-order valence-corrected chi connectivity index (χ3v) is 3.30. The second kappa shape index (κ2) is 5.82. The molecule has 1 heterocycles. The predicted octanol–water partition coefficient (Wildman–Crippen LogP) is 3.19. The highest BCUT2D eigenvalue weighted by atomic mass is 16.5. The Morgan fingerprint density at radius 1 is 1.20 bits per heavy atom. The topological polar surface area (TPSA) is 51.5 Å². The van der Waals surface area contributed by atoms with E-state index >= 15 is 0 Å². The van der Waals surface area contributed by atoms with Crippen molar-refractivity contribution in [3.63, 3.8) is 0 Å². The molecule has 1 N–H and O–H groups in total. The number of ether oxygens (including phenoxy) is 1. The first kappa shape index (κ1) is 14.2. The lowest BCUT2D eigenvalue weighted by molar-refractivity contribution is 0.0683. The lowest BCUT2D eigenvalue weighted by Crippen LogP contribution is -2.15. The fourth-order valence-corrected chi connectivity index (χ4v) is 2.31. The summed E-state index contributed by atoms with van der Waals surface area (Å²) in [5.74, 6) is -0.0973. The number of aromatic carboxylic acids is 1. The molecule has 0 spiro atoms. The van der Waals surface area contributed by atoms with E-state index in [2.05, 4.69) is 0 Å². The van der Waals surface area contributed by atoms with Gasteiger partial charge in [-0.1, -0.05) is 17.7 Å². The van der Waals surface area contributed by atoms with Crippen molar-refractivity contribution >= 4 is 5.97 Å². The van der Waals surface area contributed by atoms with Crippen molar-refractivity contribution in [3.8, 4) is 5.75 Å². The van der Waals surface area contributed by atoms with E-state index in [-0.39, 0.29) is 0 Å². The normalized spacial score (nSPS) is 10.6. The smallest absolute Gasteiger partial charge is 0.352 e. The molecule has 0 radical (unpaired) electrons. The average Bonchev–Trinajstić information content (AvgIpc) is 2.66. The van der Waals surface area contributed by atoms with E-state index in [1.54, 1.807) is 4.57 Å². The number of carbonyl (C=O) groups is 1. The summed E-state index contributed by atoms with van der Waals surface area (Å²) >= 11 is 0. The molecule has 0 unspecified atom stereocenters. The van der Waals surface area contributed by atoms with Crippen LogP contribution in [0.5, 0.6) is 5.75 Å². The van der Waals surface area contributed by atoms with Crippen molar-refractivity contribution in [1.29, 1.82) is 0 Å². The molecule has 4 nitrogen and oxygen atoms in total. The van der Waals surface area contributed by atoms with Crippen LogP contribution in [0.1, 0.15) is 27.3 Å². The summed E-state index contributed by atoms with van der Waals surface area (Å²) in [4.78, 5) is 11.3. The molecule has 2 aromatic rings. The molecule has 20 heavy (non-hydrogen) atoms. The fraction of sp³-hybridized carbons (Fsp3) is 0.312. The van der Waals surface area contributed by atoms with Crippen LogP contribution in [-0.4, -0.2) is 22.2 Å². The molecule has 106 valence electrons. The Morgan fingerprint density at radius 2 is 1.85 bits per heavy atom. The van der Waals surface area contributed by atoms with E-state index in [0.29, 0.717) is 18.8 Å². The number of carboxylic acids is 1. The molecule has 0 bridgehead atoms. The van der Waals surface area contributed by atoms with Gasteiger partial charge in [0.1, 0.15) is 18.1 Å². The highest BCUT2D eigenvalue weighted by molar-refractivity contribution is 5.87. The Kier molecular flexibility index (Phi) is 4.13. The summed E-state index contributed by atoms with van der Waals surface area (Å²) in [7, 11) is 0. The van der Waals surface area contributed by atoms with Crippen LogP contribution in [0.15, 0.2) is 30.3 Å². The van der Waals surface area contributed by atoms with Gasteiger partial charge in [-0.05, 0) is 44.5 Å². The van der Waals surface area contributed by atoms with Crippen molar-refractivity contribution in [2.75, 3.05) is 6.61 Å². The molecule has 2 rings (SSSR count). The highest BCUT2D eigenvalue weighted by Crippen LogP contribution is 2.16. The zero-order valence-electron chi connectivity index (χ0n) is 12.0. The average molecular weight is 273 g/mol. The van der Waals surface area contributed by atoms with Gasteiger partial charge in [0.15, 0.2) is 0 Å². The van der Waals surface area contributed by atoms with Gasteiger partial charge in [0, 0.05) is 5.69 Å². The van der Waals surface area contributed by atoms with Gasteiger partial charge in [-0.2, -0.15) is 0 Å². The lowest BCUT2D eigenvalue weighted by Gasteiger charge is -2.11. The predicted molar refractivity (Wildman–Crippen MR) is 77.5 cm³/mol. The monoisotopic (exact) mass is 273 g/mol. The van der Waals surface area contributed by atoms with Crippen LogP contribution in [0.25, 0.3) is 0 Å². The number of aryl methyl sites for hydroxylation is 3. The van der Waals surface area contributed by atoms with E-state index in [9.17, 15) is 9.90 Å². The molecule has 1 aromatic carbocycles. The Morgan fingerprint density at radius 3 is 2.45 bits per heavy atom. The van der Waals surface area contributed by atoms with Crippen molar-refractivity contribution < 1.29 is 14.6 Å². The Bertz CT molecular complexity index is 611. The summed E-state index contributed by atoms with van der Waals surface area (Å²) in [5.41, 5.74) is 3.25. The van der Waals surface area contributed by atoms with Gasteiger partial charge in [-0.15, -0.1) is 0 Å². The Labute approximate surface area is 118 Å². The summed E-state index contributed by atoms with van der Waals surface area (Å²) in [5, 5.41) is 9.25. The molecule has 0 amide bonds. The van der Waals surface area contributed by atoms with Crippen LogP contribution in [-0.2, 0) is 6.54 Å². The van der Waals surface area contributed by atoms with Crippen molar-refractivity contribution in [2.45, 2.75) is 27.3 Å². The molecular weight excluding hydrogens is 254 g/mol. The zero-order valence-corrected chi connectivity index (χ0v) is 12.0. The van der Waals surface area contributed by atoms with Gasteiger partial charge >= 0.3 is 5.97 Å². The van der Waals surface area contributed by atoms with Crippen molar-refractivity contribution in [1.82, 2.24) is 4.57 Å². The molecule has 0 saturated heterocycles. The summed E-state index contributed by atoms with van der Waals surface area (Å²) in [6, 6.07) is 9.70. The van der Waals surface area contributed by atoms with E-state index in [0.717, 1.165) is 17.0 Å². The van der Waals surface area contributed by atoms with Crippen LogP contribution < -0.4 is 4.74 Å². The number of aromatic nitrogens is 1. The third kappa shape index (κ3) is 3.02. The maximum Gasteiger partial charge on any atom is 0.352 e. The molecule has 0 aliphatic rings. The first-order valence-electron chi connectivity index (χ1n) is 6.58. The molecule has 0 aliphatic carbocycles. The SMILES string of the molecule is Cc1ccc(OCCn2c(C)cc(C)c2C(=O)O)cc1.